The zero-order chi connectivity index (χ0) is 10.1. The van der Waals surface area contributed by atoms with Crippen molar-refractivity contribution in [2.24, 2.45) is 5.41 Å². The van der Waals surface area contributed by atoms with Crippen LogP contribution in [0.2, 0.25) is 0 Å². The van der Waals surface area contributed by atoms with Crippen LogP contribution in [0.25, 0.3) is 0 Å². The Balaban J connectivity index is 2.90. The third-order valence-corrected chi connectivity index (χ3v) is 2.57. The highest BCUT2D eigenvalue weighted by molar-refractivity contribution is 9.11. The summed E-state index contributed by atoms with van der Waals surface area (Å²) >= 11 is 6.98. The molecule has 1 aromatic carbocycles. The van der Waals surface area contributed by atoms with E-state index >= 15 is 0 Å². The van der Waals surface area contributed by atoms with Crippen molar-refractivity contribution in [3.05, 3.63) is 32.7 Å². The first-order valence-corrected chi connectivity index (χ1v) is 5.90. The first-order chi connectivity index (χ1) is 5.87. The van der Waals surface area contributed by atoms with Crippen molar-refractivity contribution in [3.8, 4) is 0 Å². The first kappa shape index (κ1) is 11.3. The fourth-order valence-corrected chi connectivity index (χ4v) is 2.71. The molecule has 13 heavy (non-hydrogen) atoms. The summed E-state index contributed by atoms with van der Waals surface area (Å²) < 4.78 is 2.28. The average Bonchev–Trinajstić information content (AvgIpc) is 1.78. The summed E-state index contributed by atoms with van der Waals surface area (Å²) in [5, 5.41) is 0. The van der Waals surface area contributed by atoms with Gasteiger partial charge in [-0.3, -0.25) is 0 Å². The Morgan fingerprint density at radius 3 is 1.85 bits per heavy atom. The summed E-state index contributed by atoms with van der Waals surface area (Å²) in [5.74, 6) is 0. The Hall–Kier alpha value is 0.180. The van der Waals surface area contributed by atoms with Crippen LogP contribution in [0.3, 0.4) is 0 Å². The van der Waals surface area contributed by atoms with E-state index in [-0.39, 0.29) is 0 Å². The van der Waals surface area contributed by atoms with Gasteiger partial charge in [-0.2, -0.15) is 0 Å². The summed E-state index contributed by atoms with van der Waals surface area (Å²) in [6.45, 7) is 6.76. The molecule has 2 heteroatoms. The SMILES string of the molecule is CC(C)(C)Cc1cc(Br)cc(Br)c1. The van der Waals surface area contributed by atoms with Crippen LogP contribution in [0.4, 0.5) is 0 Å². The van der Waals surface area contributed by atoms with Crippen LogP contribution < -0.4 is 0 Å². The van der Waals surface area contributed by atoms with Crippen molar-refractivity contribution in [2.45, 2.75) is 27.2 Å². The largest absolute Gasteiger partial charge is 0.0599 e. The van der Waals surface area contributed by atoms with Gasteiger partial charge in [0, 0.05) is 8.95 Å². The Bertz CT molecular complexity index is 277. The van der Waals surface area contributed by atoms with Crippen LogP contribution in [0.15, 0.2) is 27.1 Å². The van der Waals surface area contributed by atoms with Crippen LogP contribution in [-0.4, -0.2) is 0 Å². The van der Waals surface area contributed by atoms with E-state index in [9.17, 15) is 0 Å². The van der Waals surface area contributed by atoms with E-state index in [0.29, 0.717) is 5.41 Å². The Morgan fingerprint density at radius 1 is 1.00 bits per heavy atom. The van der Waals surface area contributed by atoms with Crippen LogP contribution >= 0.6 is 31.9 Å². The average molecular weight is 306 g/mol. The number of benzene rings is 1. The molecule has 0 aliphatic carbocycles. The van der Waals surface area contributed by atoms with Gasteiger partial charge in [0.1, 0.15) is 0 Å². The molecule has 72 valence electrons. The highest BCUT2D eigenvalue weighted by atomic mass is 79.9. The van der Waals surface area contributed by atoms with Gasteiger partial charge in [-0.25, -0.2) is 0 Å². The lowest BCUT2D eigenvalue weighted by Gasteiger charge is -2.18. The molecule has 0 heterocycles. The molecule has 0 radical (unpaired) electrons. The molecule has 0 spiro atoms. The molecule has 1 rings (SSSR count). The second kappa shape index (κ2) is 4.14. The van der Waals surface area contributed by atoms with Crippen molar-refractivity contribution in [3.63, 3.8) is 0 Å². The standard InChI is InChI=1S/C11H14Br2/c1-11(2,3)7-8-4-9(12)6-10(13)5-8/h4-6H,7H2,1-3H3. The summed E-state index contributed by atoms with van der Waals surface area (Å²) in [6, 6.07) is 6.41. The molecular weight excluding hydrogens is 292 g/mol. The minimum Gasteiger partial charge on any atom is -0.0599 e. The van der Waals surface area contributed by atoms with Gasteiger partial charge < -0.3 is 0 Å². The zero-order valence-corrected chi connectivity index (χ0v) is 11.4. The monoisotopic (exact) mass is 304 g/mol. The first-order valence-electron chi connectivity index (χ1n) is 4.32. The minimum absolute atomic E-state index is 0.347. The minimum atomic E-state index is 0.347. The van der Waals surface area contributed by atoms with Gasteiger partial charge in [-0.05, 0) is 35.6 Å². The zero-order valence-electron chi connectivity index (χ0n) is 8.20. The second-order valence-electron chi connectivity index (χ2n) is 4.52. The van der Waals surface area contributed by atoms with Crippen molar-refractivity contribution < 1.29 is 0 Å². The number of hydrogen-bond donors (Lipinski definition) is 0. The molecule has 0 aliphatic rings. The van der Waals surface area contributed by atoms with Crippen LogP contribution in [0, 0.1) is 5.41 Å². The van der Waals surface area contributed by atoms with Crippen LogP contribution in [-0.2, 0) is 6.42 Å². The van der Waals surface area contributed by atoms with Gasteiger partial charge >= 0.3 is 0 Å². The predicted octanol–water partition coefficient (Wildman–Crippen LogP) is 4.80. The van der Waals surface area contributed by atoms with Crippen molar-refractivity contribution >= 4 is 31.9 Å². The third-order valence-electron chi connectivity index (χ3n) is 1.66. The van der Waals surface area contributed by atoms with Gasteiger partial charge in [0.15, 0.2) is 0 Å². The van der Waals surface area contributed by atoms with Gasteiger partial charge in [0.25, 0.3) is 0 Å². The predicted molar refractivity (Wildman–Crippen MR) is 65.0 cm³/mol. The van der Waals surface area contributed by atoms with Gasteiger partial charge in [-0.1, -0.05) is 52.6 Å². The van der Waals surface area contributed by atoms with E-state index in [2.05, 4.69) is 70.8 Å². The van der Waals surface area contributed by atoms with Crippen molar-refractivity contribution in [1.29, 1.82) is 0 Å². The molecular formula is C11H14Br2. The van der Waals surface area contributed by atoms with Gasteiger partial charge in [-0.15, -0.1) is 0 Å². The van der Waals surface area contributed by atoms with E-state index in [1.54, 1.807) is 0 Å². The van der Waals surface area contributed by atoms with Gasteiger partial charge in [0.2, 0.25) is 0 Å². The van der Waals surface area contributed by atoms with Crippen LogP contribution in [0.1, 0.15) is 26.3 Å². The molecule has 0 nitrogen and oxygen atoms in total. The maximum atomic E-state index is 3.49. The summed E-state index contributed by atoms with van der Waals surface area (Å²) in [4.78, 5) is 0. The van der Waals surface area contributed by atoms with Crippen molar-refractivity contribution in [1.82, 2.24) is 0 Å². The maximum Gasteiger partial charge on any atom is 0.0189 e. The molecule has 1 aromatic rings. The molecule has 0 aliphatic heterocycles. The van der Waals surface area contributed by atoms with E-state index < -0.39 is 0 Å². The van der Waals surface area contributed by atoms with E-state index in [1.807, 2.05) is 0 Å². The molecule has 0 unspecified atom stereocenters. The smallest absolute Gasteiger partial charge is 0.0189 e. The fraction of sp³-hybridized carbons (Fsp3) is 0.455. The lowest BCUT2D eigenvalue weighted by atomic mass is 9.88. The summed E-state index contributed by atoms with van der Waals surface area (Å²) in [6.07, 6.45) is 1.10. The fourth-order valence-electron chi connectivity index (χ4n) is 1.33. The highest BCUT2D eigenvalue weighted by Crippen LogP contribution is 2.26. The molecule has 0 saturated heterocycles. The summed E-state index contributed by atoms with van der Waals surface area (Å²) in [5.41, 5.74) is 1.72. The van der Waals surface area contributed by atoms with Gasteiger partial charge in [0.05, 0.1) is 0 Å². The Labute approximate surface area is 97.0 Å². The second-order valence-corrected chi connectivity index (χ2v) is 6.35. The van der Waals surface area contributed by atoms with E-state index in [0.717, 1.165) is 15.4 Å². The lowest BCUT2D eigenvalue weighted by molar-refractivity contribution is 0.411. The molecule has 0 bridgehead atoms. The van der Waals surface area contributed by atoms with E-state index in [1.165, 1.54) is 5.56 Å². The Morgan fingerprint density at radius 2 is 1.46 bits per heavy atom. The van der Waals surface area contributed by atoms with E-state index in [4.69, 9.17) is 0 Å². The van der Waals surface area contributed by atoms with Crippen molar-refractivity contribution in [2.75, 3.05) is 0 Å². The molecule has 0 saturated carbocycles. The lowest BCUT2D eigenvalue weighted by Crippen LogP contribution is -2.08. The maximum absolute atomic E-state index is 3.49. The third kappa shape index (κ3) is 4.28. The number of halogens is 2. The molecule has 0 fully saturated rings. The molecule has 0 aromatic heterocycles. The topological polar surface area (TPSA) is 0 Å². The Kier molecular flexibility index (Phi) is 3.58. The molecule has 0 N–H and O–H groups in total. The molecule has 0 amide bonds. The highest BCUT2D eigenvalue weighted by Gasteiger charge is 2.11. The molecule has 0 atom stereocenters. The number of hydrogen-bond acceptors (Lipinski definition) is 0. The quantitative estimate of drug-likeness (QED) is 0.699. The van der Waals surface area contributed by atoms with Crippen LogP contribution in [0.5, 0.6) is 0 Å². The number of rotatable bonds is 1. The normalized spacial score (nSPS) is 11.8. The summed E-state index contributed by atoms with van der Waals surface area (Å²) in [7, 11) is 0.